The van der Waals surface area contributed by atoms with E-state index in [1.165, 1.54) is 0 Å². The first kappa shape index (κ1) is 13.1. The average Bonchev–Trinajstić information content (AvgIpc) is 2.50. The van der Waals surface area contributed by atoms with E-state index in [2.05, 4.69) is 15.6 Å². The van der Waals surface area contributed by atoms with Crippen molar-refractivity contribution in [3.8, 4) is 0 Å². The monoisotopic (exact) mass is 330 g/mol. The van der Waals surface area contributed by atoms with Crippen molar-refractivity contribution in [3.63, 3.8) is 0 Å². The Balaban J connectivity index is 2.27. The van der Waals surface area contributed by atoms with Crippen molar-refractivity contribution in [1.82, 2.24) is 9.13 Å². The summed E-state index contributed by atoms with van der Waals surface area (Å²) in [6.45, 7) is 0.570. The predicted octanol–water partition coefficient (Wildman–Crippen LogP) is 2.09. The first-order valence-corrected chi connectivity index (χ1v) is 7.26. The molecule has 0 bridgehead atoms. The Morgan fingerprint density at radius 2 is 1.65 bits per heavy atom. The molecule has 0 N–H and O–H groups in total. The van der Waals surface area contributed by atoms with Gasteiger partial charge in [-0.2, -0.15) is 0 Å². The van der Waals surface area contributed by atoms with E-state index in [4.69, 9.17) is 0 Å². The molecule has 100 valence electrons. The fourth-order valence-electron chi connectivity index (χ4n) is 2.37. The predicted molar refractivity (Wildman–Crippen MR) is 81.7 cm³/mol. The molecule has 0 amide bonds. The van der Waals surface area contributed by atoms with Gasteiger partial charge in [-0.3, -0.25) is 0 Å². The molecule has 0 unspecified atom stereocenters. The van der Waals surface area contributed by atoms with E-state index in [1.807, 2.05) is 66.2 Å². The molecule has 2 aromatic carbocycles. The Morgan fingerprint density at radius 3 is 2.40 bits per heavy atom. The molecule has 0 saturated carbocycles. The van der Waals surface area contributed by atoms with Gasteiger partial charge in [-0.15, -0.1) is 0 Å². The molecule has 3 aromatic rings. The molecule has 0 saturated heterocycles. The molecule has 1 heterocycles. The normalized spacial score (nSPS) is 10.8. The van der Waals surface area contributed by atoms with E-state index in [0.717, 1.165) is 20.8 Å². The van der Waals surface area contributed by atoms with E-state index in [1.54, 1.807) is 4.57 Å². The first-order chi connectivity index (χ1) is 9.68. The maximum atomic E-state index is 12.6. The number of aromatic nitrogens is 2. The van der Waals surface area contributed by atoms with Crippen LogP contribution in [-0.2, 0) is 13.6 Å². The number of aryl methyl sites for hydroxylation is 1. The van der Waals surface area contributed by atoms with E-state index in [-0.39, 0.29) is 5.56 Å². The number of fused-ring (bicyclic) bond motifs is 1. The molecule has 1 aromatic heterocycles. The van der Waals surface area contributed by atoms with Crippen LogP contribution in [0.3, 0.4) is 0 Å². The molecule has 0 aliphatic heterocycles. The second kappa shape index (κ2) is 5.23. The van der Waals surface area contributed by atoms with Crippen LogP contribution in [0.4, 0.5) is 0 Å². The third-order valence-corrected chi connectivity index (χ3v) is 4.48. The van der Waals surface area contributed by atoms with Crippen molar-refractivity contribution >= 4 is 26.5 Å². The zero-order valence-electron chi connectivity index (χ0n) is 11.1. The molecule has 0 aliphatic rings. The minimum absolute atomic E-state index is 0.0382. The van der Waals surface area contributed by atoms with Gasteiger partial charge in [-0.25, -0.2) is 0 Å². The molecule has 0 aliphatic carbocycles. The van der Waals surface area contributed by atoms with Crippen LogP contribution >= 0.6 is 0 Å². The standard InChI is InChI=1S/C16H14N2OSe/c1-17-14-10-6-5-9-13(14)15(19)18(16(17)20)11-12-7-3-2-4-8-12/h2-10H,11H2,1H3. The summed E-state index contributed by atoms with van der Waals surface area (Å²) in [5.74, 6) is 0. The number of para-hydroxylation sites is 1. The molecule has 3 nitrogen and oxygen atoms in total. The summed E-state index contributed by atoms with van der Waals surface area (Å²) in [6.07, 6.45) is 0. The van der Waals surface area contributed by atoms with Gasteiger partial charge in [0, 0.05) is 0 Å². The molecule has 20 heavy (non-hydrogen) atoms. The Kier molecular flexibility index (Phi) is 3.43. The van der Waals surface area contributed by atoms with Gasteiger partial charge in [0.25, 0.3) is 0 Å². The molecule has 0 spiro atoms. The zero-order chi connectivity index (χ0) is 14.1. The second-order valence-electron chi connectivity index (χ2n) is 4.74. The zero-order valence-corrected chi connectivity index (χ0v) is 12.8. The molecule has 4 heteroatoms. The van der Waals surface area contributed by atoms with Gasteiger partial charge in [-0.05, 0) is 0 Å². The van der Waals surface area contributed by atoms with Gasteiger partial charge in [-0.1, -0.05) is 0 Å². The Bertz CT molecular complexity index is 878. The van der Waals surface area contributed by atoms with Crippen LogP contribution in [0.2, 0.25) is 0 Å². The van der Waals surface area contributed by atoms with Crippen LogP contribution < -0.4 is 5.56 Å². The average molecular weight is 329 g/mol. The summed E-state index contributed by atoms with van der Waals surface area (Å²) in [5.41, 5.74) is 2.09. The number of benzene rings is 2. The van der Waals surface area contributed by atoms with Gasteiger partial charge in [0.2, 0.25) is 0 Å². The topological polar surface area (TPSA) is 26.9 Å². The third kappa shape index (κ3) is 2.17. The Labute approximate surface area is 124 Å². The molecule has 0 fully saturated rings. The summed E-state index contributed by atoms with van der Waals surface area (Å²) in [4.78, 5) is 12.6. The van der Waals surface area contributed by atoms with Crippen molar-refractivity contribution in [2.45, 2.75) is 6.54 Å². The van der Waals surface area contributed by atoms with E-state index in [9.17, 15) is 4.79 Å². The number of nitrogens with zero attached hydrogens (tertiary/aromatic N) is 2. The van der Waals surface area contributed by atoms with Crippen molar-refractivity contribution in [1.29, 1.82) is 0 Å². The third-order valence-electron chi connectivity index (χ3n) is 3.44. The van der Waals surface area contributed by atoms with Crippen LogP contribution in [0.1, 0.15) is 5.56 Å². The fraction of sp³-hybridized carbons (Fsp3) is 0.125. The van der Waals surface area contributed by atoms with Crippen molar-refractivity contribution < 1.29 is 0 Å². The second-order valence-corrected chi connectivity index (χ2v) is 5.50. The van der Waals surface area contributed by atoms with Crippen LogP contribution in [0.25, 0.3) is 10.9 Å². The summed E-state index contributed by atoms with van der Waals surface area (Å²) < 4.78 is 4.62. The van der Waals surface area contributed by atoms with Gasteiger partial charge in [0.1, 0.15) is 0 Å². The summed E-state index contributed by atoms with van der Waals surface area (Å²) in [7, 11) is 1.97. The van der Waals surface area contributed by atoms with Gasteiger partial charge in [0.05, 0.1) is 0 Å². The quantitative estimate of drug-likeness (QED) is 0.662. The molecule has 3 rings (SSSR count). The van der Waals surface area contributed by atoms with E-state index >= 15 is 0 Å². The van der Waals surface area contributed by atoms with E-state index in [0.29, 0.717) is 6.54 Å². The van der Waals surface area contributed by atoms with Crippen LogP contribution in [0.5, 0.6) is 0 Å². The molecular formula is C16H14N2OSe. The first-order valence-electron chi connectivity index (χ1n) is 6.41. The summed E-state index contributed by atoms with van der Waals surface area (Å²) in [5, 5.41) is 0.741. The Morgan fingerprint density at radius 1 is 1.00 bits per heavy atom. The van der Waals surface area contributed by atoms with Crippen molar-refractivity contribution in [2.24, 2.45) is 7.05 Å². The minimum atomic E-state index is 0.0382. The molecule has 0 radical (unpaired) electrons. The molecular weight excluding hydrogens is 315 g/mol. The Hall–Kier alpha value is -1.90. The van der Waals surface area contributed by atoms with Crippen molar-refractivity contribution in [3.05, 3.63) is 74.8 Å². The number of hydrogen-bond acceptors (Lipinski definition) is 1. The number of rotatable bonds is 2. The van der Waals surface area contributed by atoms with Gasteiger partial charge < -0.3 is 0 Å². The van der Waals surface area contributed by atoms with Gasteiger partial charge >= 0.3 is 124 Å². The fourth-order valence-corrected chi connectivity index (χ4v) is 2.88. The summed E-state index contributed by atoms with van der Waals surface area (Å²) >= 11 is 3.02. The number of hydrogen-bond donors (Lipinski definition) is 0. The van der Waals surface area contributed by atoms with E-state index < -0.39 is 0 Å². The van der Waals surface area contributed by atoms with Crippen LogP contribution in [-0.4, -0.2) is 24.7 Å². The molecule has 0 atom stereocenters. The van der Waals surface area contributed by atoms with Gasteiger partial charge in [0.15, 0.2) is 0 Å². The van der Waals surface area contributed by atoms with Crippen molar-refractivity contribution in [2.75, 3.05) is 0 Å². The van der Waals surface area contributed by atoms with Crippen LogP contribution in [0.15, 0.2) is 59.4 Å². The summed E-state index contributed by atoms with van der Waals surface area (Å²) in [6, 6.07) is 17.7. The van der Waals surface area contributed by atoms with Crippen LogP contribution in [0, 0.1) is 4.32 Å². The SMILES string of the molecule is Cn1c(=[Se])n(Cc2ccccc2)c(=O)c2ccccc21. The maximum absolute atomic E-state index is 12.6.